The van der Waals surface area contributed by atoms with Crippen LogP contribution < -0.4 is 11.1 Å². The molecule has 8 heteroatoms. The lowest BCUT2D eigenvalue weighted by atomic mass is 10.1. The summed E-state index contributed by atoms with van der Waals surface area (Å²) in [5.74, 6) is -3.00. The molecule has 2 aromatic rings. The summed E-state index contributed by atoms with van der Waals surface area (Å²) in [5.41, 5.74) is 4.68. The number of nitrogen functional groups attached to an aromatic ring is 1. The minimum Gasteiger partial charge on any atom is -0.396 e. The monoisotopic (exact) mass is 482 g/mol. The number of benzene rings is 2. The topological polar surface area (TPSA) is 55.1 Å². The van der Waals surface area contributed by atoms with Crippen molar-refractivity contribution in [1.82, 2.24) is 0 Å². The predicted molar refractivity (Wildman–Crippen MR) is 88.3 cm³/mol. The molecule has 3 nitrogen and oxygen atoms in total. The number of amides is 1. The Morgan fingerprint density at radius 1 is 1.10 bits per heavy atom. The number of nitrogens with two attached hydrogens (primary N) is 1. The second kappa shape index (κ2) is 6.41. The zero-order chi connectivity index (χ0) is 15.7. The van der Waals surface area contributed by atoms with E-state index >= 15 is 0 Å². The average molecular weight is 485 g/mol. The first-order valence-electron chi connectivity index (χ1n) is 5.50. The largest absolute Gasteiger partial charge is 0.396 e. The van der Waals surface area contributed by atoms with Crippen molar-refractivity contribution in [2.75, 3.05) is 11.1 Å². The van der Waals surface area contributed by atoms with Crippen molar-refractivity contribution in [3.8, 4) is 0 Å². The Labute approximate surface area is 144 Å². The van der Waals surface area contributed by atoms with Gasteiger partial charge >= 0.3 is 0 Å². The molecule has 0 atom stereocenters. The van der Waals surface area contributed by atoms with Gasteiger partial charge in [-0.25, -0.2) is 8.78 Å². The molecule has 0 radical (unpaired) electrons. The highest BCUT2D eigenvalue weighted by atomic mass is 79.9. The fourth-order valence-corrected chi connectivity index (χ4v) is 4.07. The van der Waals surface area contributed by atoms with E-state index in [2.05, 4.69) is 53.1 Å². The number of hydrogen-bond donors (Lipinski definition) is 2. The molecule has 110 valence electrons. The summed E-state index contributed by atoms with van der Waals surface area (Å²) in [4.78, 5) is 12.1. The van der Waals surface area contributed by atoms with E-state index < -0.39 is 23.1 Å². The minimum atomic E-state index is -1.09. The van der Waals surface area contributed by atoms with E-state index in [1.807, 2.05) is 0 Å². The Kier molecular flexibility index (Phi) is 5.00. The Balaban J connectivity index is 2.42. The Bertz CT molecular complexity index is 715. The molecule has 0 spiro atoms. The van der Waals surface area contributed by atoms with E-state index in [9.17, 15) is 13.6 Å². The summed E-state index contributed by atoms with van der Waals surface area (Å²) in [7, 11) is 0. The lowest BCUT2D eigenvalue weighted by Gasteiger charge is -2.12. The third kappa shape index (κ3) is 3.44. The van der Waals surface area contributed by atoms with Crippen molar-refractivity contribution in [3.05, 3.63) is 54.9 Å². The number of nitrogens with one attached hydrogen (secondary N) is 1. The number of hydrogen-bond acceptors (Lipinski definition) is 2. The maximum absolute atomic E-state index is 13.8. The highest BCUT2D eigenvalue weighted by Gasteiger charge is 2.21. The van der Waals surface area contributed by atoms with Crippen LogP contribution >= 0.6 is 47.8 Å². The van der Waals surface area contributed by atoms with Crippen LogP contribution in [0.2, 0.25) is 0 Å². The highest BCUT2D eigenvalue weighted by Crippen LogP contribution is 2.35. The highest BCUT2D eigenvalue weighted by molar-refractivity contribution is 9.11. The number of carbonyl (C=O) groups is 1. The van der Waals surface area contributed by atoms with Gasteiger partial charge in [-0.3, -0.25) is 4.79 Å². The van der Waals surface area contributed by atoms with Gasteiger partial charge in [-0.2, -0.15) is 0 Å². The average Bonchev–Trinajstić information content (AvgIpc) is 2.38. The molecule has 2 aromatic carbocycles. The van der Waals surface area contributed by atoms with Gasteiger partial charge in [0.15, 0.2) is 5.82 Å². The zero-order valence-electron chi connectivity index (χ0n) is 10.2. The van der Waals surface area contributed by atoms with Gasteiger partial charge in [0.2, 0.25) is 0 Å². The first kappa shape index (κ1) is 16.4. The van der Waals surface area contributed by atoms with Gasteiger partial charge < -0.3 is 11.1 Å². The van der Waals surface area contributed by atoms with Crippen molar-refractivity contribution < 1.29 is 13.6 Å². The first-order chi connectivity index (χ1) is 9.81. The molecule has 21 heavy (non-hydrogen) atoms. The Hall–Kier alpha value is -0.990. The van der Waals surface area contributed by atoms with Crippen molar-refractivity contribution >= 4 is 65.1 Å². The zero-order valence-corrected chi connectivity index (χ0v) is 14.9. The maximum Gasteiger partial charge on any atom is 0.261 e. The molecule has 0 saturated heterocycles. The van der Waals surface area contributed by atoms with Crippen LogP contribution in [0.5, 0.6) is 0 Å². The third-order valence-electron chi connectivity index (χ3n) is 2.59. The lowest BCUT2D eigenvalue weighted by Crippen LogP contribution is -2.17. The molecule has 0 aliphatic carbocycles. The van der Waals surface area contributed by atoms with Crippen LogP contribution in [-0.2, 0) is 0 Å². The van der Waals surface area contributed by atoms with Crippen LogP contribution in [0.3, 0.4) is 0 Å². The van der Waals surface area contributed by atoms with Crippen LogP contribution in [0.1, 0.15) is 10.4 Å². The normalized spacial score (nSPS) is 10.5. The minimum absolute atomic E-state index is 0.296. The smallest absolute Gasteiger partial charge is 0.261 e. The molecule has 0 unspecified atom stereocenters. The summed E-state index contributed by atoms with van der Waals surface area (Å²) in [6, 6.07) is 5.38. The molecule has 1 amide bonds. The summed E-state index contributed by atoms with van der Waals surface area (Å²) in [5, 5.41) is 2.44. The van der Waals surface area contributed by atoms with Gasteiger partial charge in [0, 0.05) is 13.4 Å². The van der Waals surface area contributed by atoms with E-state index in [0.29, 0.717) is 14.6 Å². The number of rotatable bonds is 2. The second-order valence-electron chi connectivity index (χ2n) is 4.02. The quantitative estimate of drug-likeness (QED) is 0.584. The summed E-state index contributed by atoms with van der Waals surface area (Å²) >= 11 is 9.81. The maximum atomic E-state index is 13.8. The van der Waals surface area contributed by atoms with Gasteiger partial charge in [-0.15, -0.1) is 0 Å². The van der Waals surface area contributed by atoms with Crippen molar-refractivity contribution in [3.63, 3.8) is 0 Å². The number of carbonyl (C=O) groups excluding carboxylic acids is 1. The fraction of sp³-hybridized carbons (Fsp3) is 0. The molecule has 0 aliphatic heterocycles. The van der Waals surface area contributed by atoms with Crippen molar-refractivity contribution in [2.45, 2.75) is 0 Å². The van der Waals surface area contributed by atoms with E-state index in [0.717, 1.165) is 16.6 Å². The van der Waals surface area contributed by atoms with Gasteiger partial charge in [-0.05, 0) is 56.1 Å². The van der Waals surface area contributed by atoms with E-state index in [1.54, 1.807) is 12.1 Å². The number of halogens is 5. The molecule has 0 aliphatic rings. The second-order valence-corrected chi connectivity index (χ2v) is 6.65. The van der Waals surface area contributed by atoms with Gasteiger partial charge in [-0.1, -0.05) is 15.9 Å². The van der Waals surface area contributed by atoms with E-state index in [-0.39, 0.29) is 5.69 Å². The van der Waals surface area contributed by atoms with Gasteiger partial charge in [0.25, 0.3) is 5.91 Å². The molecule has 0 fully saturated rings. The van der Waals surface area contributed by atoms with Crippen molar-refractivity contribution in [2.24, 2.45) is 0 Å². The molecule has 0 heterocycles. The van der Waals surface area contributed by atoms with E-state index in [1.165, 1.54) is 0 Å². The predicted octanol–water partition coefficient (Wildman–Crippen LogP) is 5.09. The Morgan fingerprint density at radius 2 is 1.67 bits per heavy atom. The van der Waals surface area contributed by atoms with Gasteiger partial charge in [0.1, 0.15) is 11.4 Å². The SMILES string of the molecule is Nc1ccc(F)c(C(=O)Nc2c(Br)cc(Br)cc2Br)c1F. The van der Waals surface area contributed by atoms with Crippen LogP contribution in [0.25, 0.3) is 0 Å². The fourth-order valence-electron chi connectivity index (χ4n) is 1.61. The van der Waals surface area contributed by atoms with Crippen molar-refractivity contribution in [1.29, 1.82) is 0 Å². The van der Waals surface area contributed by atoms with Crippen LogP contribution in [0, 0.1) is 11.6 Å². The third-order valence-corrected chi connectivity index (χ3v) is 4.30. The molecule has 0 saturated carbocycles. The summed E-state index contributed by atoms with van der Waals surface area (Å²) < 4.78 is 29.3. The van der Waals surface area contributed by atoms with Gasteiger partial charge in [0.05, 0.1) is 11.4 Å². The van der Waals surface area contributed by atoms with E-state index in [4.69, 9.17) is 5.73 Å². The summed E-state index contributed by atoms with van der Waals surface area (Å²) in [6.07, 6.45) is 0. The molecule has 2 rings (SSSR count). The molecule has 3 N–H and O–H groups in total. The molecular weight excluding hydrogens is 478 g/mol. The van der Waals surface area contributed by atoms with Crippen LogP contribution in [0.15, 0.2) is 37.7 Å². The molecular formula is C13H7Br3F2N2O. The number of anilines is 2. The van der Waals surface area contributed by atoms with Crippen LogP contribution in [-0.4, -0.2) is 5.91 Å². The molecule has 0 bridgehead atoms. The molecule has 0 aromatic heterocycles. The standard InChI is InChI=1S/C13H7Br3F2N2O/c14-5-3-6(15)12(7(16)4-5)20-13(21)10-8(17)1-2-9(19)11(10)18/h1-4H,19H2,(H,20,21). The Morgan fingerprint density at radius 3 is 2.24 bits per heavy atom. The van der Waals surface area contributed by atoms with Crippen LogP contribution in [0.4, 0.5) is 20.2 Å². The lowest BCUT2D eigenvalue weighted by molar-refractivity contribution is 0.101. The first-order valence-corrected chi connectivity index (χ1v) is 7.88. The summed E-state index contributed by atoms with van der Waals surface area (Å²) in [6.45, 7) is 0.